The molecule has 1 aliphatic carbocycles. The lowest BCUT2D eigenvalue weighted by Crippen LogP contribution is -2.51. The van der Waals surface area contributed by atoms with Crippen LogP contribution in [0.15, 0.2) is 24.3 Å². The highest BCUT2D eigenvalue weighted by molar-refractivity contribution is 7.80. The summed E-state index contributed by atoms with van der Waals surface area (Å²) in [7, 11) is 0. The Hall–Kier alpha value is -1.20. The Morgan fingerprint density at radius 1 is 1.00 bits per heavy atom. The van der Waals surface area contributed by atoms with Crippen molar-refractivity contribution in [2.45, 2.75) is 62.7 Å². The van der Waals surface area contributed by atoms with Crippen LogP contribution in [-0.4, -0.2) is 34.2 Å². The van der Waals surface area contributed by atoms with Crippen LogP contribution in [0, 0.1) is 5.82 Å². The molecule has 3 aliphatic rings. The predicted molar refractivity (Wildman–Crippen MR) is 90.4 cm³/mol. The number of benzene rings is 1. The normalized spacial score (nSPS) is 31.0. The topological polar surface area (TPSA) is 27.3 Å². The van der Waals surface area contributed by atoms with Crippen molar-refractivity contribution in [2.24, 2.45) is 0 Å². The van der Waals surface area contributed by atoms with Crippen molar-refractivity contribution in [1.82, 2.24) is 10.2 Å². The molecule has 4 rings (SSSR count). The Morgan fingerprint density at radius 3 is 2.18 bits per heavy atom. The number of hydrogen-bond donors (Lipinski definition) is 2. The molecule has 2 bridgehead atoms. The van der Waals surface area contributed by atoms with Crippen LogP contribution in [0.3, 0.4) is 0 Å². The third-order valence-electron chi connectivity index (χ3n) is 5.20. The second-order valence-corrected chi connectivity index (χ2v) is 7.25. The molecule has 2 saturated heterocycles. The minimum atomic E-state index is -0.228. The van der Waals surface area contributed by atoms with Crippen molar-refractivity contribution in [1.29, 1.82) is 0 Å². The molecule has 1 aromatic rings. The number of piperidine rings is 1. The van der Waals surface area contributed by atoms with Gasteiger partial charge < -0.3 is 10.6 Å². The van der Waals surface area contributed by atoms with E-state index in [0.29, 0.717) is 11.2 Å². The van der Waals surface area contributed by atoms with Crippen LogP contribution in [0.4, 0.5) is 10.1 Å². The minimum Gasteiger partial charge on any atom is -0.360 e. The smallest absolute Gasteiger partial charge is 0.170 e. The Kier molecular flexibility index (Phi) is 3.78. The highest BCUT2D eigenvalue weighted by atomic mass is 32.1. The zero-order valence-electron chi connectivity index (χ0n) is 12.6. The van der Waals surface area contributed by atoms with Crippen LogP contribution >= 0.6 is 12.2 Å². The highest BCUT2D eigenvalue weighted by Gasteiger charge is 2.46. The molecule has 0 spiro atoms. The molecule has 0 amide bonds. The molecular weight excluding hydrogens is 297 g/mol. The van der Waals surface area contributed by atoms with Crippen LogP contribution in [0.5, 0.6) is 0 Å². The molecule has 3 nitrogen and oxygen atoms in total. The highest BCUT2D eigenvalue weighted by Crippen LogP contribution is 2.43. The van der Waals surface area contributed by atoms with Crippen LogP contribution in [0.2, 0.25) is 0 Å². The lowest BCUT2D eigenvalue weighted by molar-refractivity contribution is 0.114. The fraction of sp³-hybridized carbons (Fsp3) is 0.588. The summed E-state index contributed by atoms with van der Waals surface area (Å²) in [6.45, 7) is 0. The van der Waals surface area contributed by atoms with Crippen LogP contribution in [-0.2, 0) is 0 Å². The van der Waals surface area contributed by atoms with Gasteiger partial charge in [0.2, 0.25) is 0 Å². The van der Waals surface area contributed by atoms with Crippen molar-refractivity contribution < 1.29 is 4.39 Å². The van der Waals surface area contributed by atoms with Gasteiger partial charge in [0.05, 0.1) is 0 Å². The van der Waals surface area contributed by atoms with E-state index in [-0.39, 0.29) is 5.82 Å². The standard InChI is InChI=1S/C17H22FN3S/c18-11-1-3-12(4-2-11)19-17(22)20-13-9-15-7-8-16(10-13)21(15)14-5-6-14/h1-4,13-16H,5-10H2,(H2,19,20,22). The third kappa shape index (κ3) is 2.97. The van der Waals surface area contributed by atoms with Gasteiger partial charge in [0.1, 0.15) is 5.82 Å². The Morgan fingerprint density at radius 2 is 1.59 bits per heavy atom. The van der Waals surface area contributed by atoms with Gasteiger partial charge in [-0.15, -0.1) is 0 Å². The van der Waals surface area contributed by atoms with E-state index >= 15 is 0 Å². The van der Waals surface area contributed by atoms with Crippen LogP contribution < -0.4 is 10.6 Å². The Bertz CT molecular complexity index is 544. The van der Waals surface area contributed by atoms with Gasteiger partial charge in [-0.05, 0) is 75.0 Å². The summed E-state index contributed by atoms with van der Waals surface area (Å²) in [5.41, 5.74) is 0.831. The van der Waals surface area contributed by atoms with E-state index in [1.807, 2.05) is 0 Å². The van der Waals surface area contributed by atoms with Crippen molar-refractivity contribution >= 4 is 23.0 Å². The summed E-state index contributed by atoms with van der Waals surface area (Å²) < 4.78 is 12.9. The van der Waals surface area contributed by atoms with E-state index in [0.717, 1.165) is 23.8 Å². The van der Waals surface area contributed by atoms with E-state index in [9.17, 15) is 4.39 Å². The third-order valence-corrected chi connectivity index (χ3v) is 5.42. The second kappa shape index (κ2) is 5.78. The average Bonchev–Trinajstić information content (AvgIpc) is 3.28. The summed E-state index contributed by atoms with van der Waals surface area (Å²) in [6, 6.07) is 9.15. The summed E-state index contributed by atoms with van der Waals surface area (Å²) in [5, 5.41) is 7.26. The SMILES string of the molecule is Fc1ccc(NC(=S)NC2CC3CCC(C2)N3C2CC2)cc1. The number of thiocarbonyl (C=S) groups is 1. The lowest BCUT2D eigenvalue weighted by atomic mass is 9.97. The molecule has 5 heteroatoms. The first kappa shape index (κ1) is 14.4. The molecule has 3 fully saturated rings. The maximum Gasteiger partial charge on any atom is 0.170 e. The average molecular weight is 319 g/mol. The van der Waals surface area contributed by atoms with E-state index < -0.39 is 0 Å². The summed E-state index contributed by atoms with van der Waals surface area (Å²) in [6.07, 6.45) is 7.87. The fourth-order valence-electron chi connectivity index (χ4n) is 4.19. The zero-order valence-corrected chi connectivity index (χ0v) is 13.4. The summed E-state index contributed by atoms with van der Waals surface area (Å²) in [4.78, 5) is 2.79. The maximum atomic E-state index is 12.9. The van der Waals surface area contributed by atoms with E-state index in [1.165, 1.54) is 50.7 Å². The van der Waals surface area contributed by atoms with Crippen molar-refractivity contribution in [3.63, 3.8) is 0 Å². The molecule has 2 aliphatic heterocycles. The lowest BCUT2D eigenvalue weighted by Gasteiger charge is -2.39. The maximum absolute atomic E-state index is 12.9. The van der Waals surface area contributed by atoms with Gasteiger partial charge in [-0.1, -0.05) is 0 Å². The molecule has 2 N–H and O–H groups in total. The van der Waals surface area contributed by atoms with Gasteiger partial charge >= 0.3 is 0 Å². The number of hydrogen-bond acceptors (Lipinski definition) is 2. The van der Waals surface area contributed by atoms with Gasteiger partial charge in [0, 0.05) is 29.9 Å². The first-order valence-electron chi connectivity index (χ1n) is 8.29. The quantitative estimate of drug-likeness (QED) is 0.836. The molecule has 22 heavy (non-hydrogen) atoms. The molecule has 2 atom stereocenters. The monoisotopic (exact) mass is 319 g/mol. The Labute approximate surface area is 136 Å². The van der Waals surface area contributed by atoms with Gasteiger partial charge in [-0.25, -0.2) is 4.39 Å². The predicted octanol–water partition coefficient (Wildman–Crippen LogP) is 3.27. The number of fused-ring (bicyclic) bond motifs is 2. The van der Waals surface area contributed by atoms with Gasteiger partial charge in [-0.2, -0.15) is 0 Å². The first-order chi connectivity index (χ1) is 10.7. The molecule has 1 saturated carbocycles. The number of halogens is 1. The van der Waals surface area contributed by atoms with Crippen molar-refractivity contribution in [3.05, 3.63) is 30.1 Å². The Balaban J connectivity index is 1.32. The molecule has 1 aromatic carbocycles. The van der Waals surface area contributed by atoms with Crippen LogP contribution in [0.1, 0.15) is 38.5 Å². The second-order valence-electron chi connectivity index (χ2n) is 6.84. The molecular formula is C17H22FN3S. The van der Waals surface area contributed by atoms with E-state index in [2.05, 4.69) is 15.5 Å². The fourth-order valence-corrected chi connectivity index (χ4v) is 4.47. The van der Waals surface area contributed by atoms with Gasteiger partial charge in [-0.3, -0.25) is 4.90 Å². The first-order valence-corrected chi connectivity index (χ1v) is 8.70. The molecule has 118 valence electrons. The van der Waals surface area contributed by atoms with E-state index in [1.54, 1.807) is 12.1 Å². The number of nitrogens with one attached hydrogen (secondary N) is 2. The largest absolute Gasteiger partial charge is 0.360 e. The zero-order chi connectivity index (χ0) is 15.1. The molecule has 2 unspecified atom stereocenters. The molecule has 2 heterocycles. The van der Waals surface area contributed by atoms with E-state index in [4.69, 9.17) is 12.2 Å². The summed E-state index contributed by atoms with van der Waals surface area (Å²) in [5.74, 6) is -0.228. The minimum absolute atomic E-state index is 0.228. The number of rotatable bonds is 3. The van der Waals surface area contributed by atoms with Gasteiger partial charge in [0.25, 0.3) is 0 Å². The van der Waals surface area contributed by atoms with Crippen molar-refractivity contribution in [2.75, 3.05) is 5.32 Å². The van der Waals surface area contributed by atoms with Crippen LogP contribution in [0.25, 0.3) is 0 Å². The van der Waals surface area contributed by atoms with Gasteiger partial charge in [0.15, 0.2) is 5.11 Å². The number of nitrogens with zero attached hydrogens (tertiary/aromatic N) is 1. The molecule has 0 radical (unpaired) electrons. The van der Waals surface area contributed by atoms with Crippen molar-refractivity contribution in [3.8, 4) is 0 Å². The number of anilines is 1. The molecule has 0 aromatic heterocycles. The summed E-state index contributed by atoms with van der Waals surface area (Å²) >= 11 is 5.41.